The number of carbonyl (C=O) groups is 1. The van der Waals surface area contributed by atoms with Crippen molar-refractivity contribution < 1.29 is 9.21 Å². The van der Waals surface area contributed by atoms with Crippen molar-refractivity contribution >= 4 is 11.6 Å². The van der Waals surface area contributed by atoms with Crippen LogP contribution in [0.4, 0.5) is 5.69 Å². The molecule has 98 valence electrons. The first-order valence-electron chi connectivity index (χ1n) is 6.18. The number of hydrogen-bond donors (Lipinski definition) is 1. The van der Waals surface area contributed by atoms with Crippen LogP contribution in [0, 0.1) is 0 Å². The minimum absolute atomic E-state index is 0.265. The van der Waals surface area contributed by atoms with Crippen LogP contribution in [0.15, 0.2) is 71.6 Å². The minimum atomic E-state index is -0.265. The summed E-state index contributed by atoms with van der Waals surface area (Å²) < 4.78 is 5.06. The summed E-state index contributed by atoms with van der Waals surface area (Å²) in [5.74, 6) is 0.0233. The third-order valence-corrected chi connectivity index (χ3v) is 2.86. The van der Waals surface area contributed by atoms with Crippen molar-refractivity contribution in [1.29, 1.82) is 0 Å². The maximum atomic E-state index is 11.9. The SMILES string of the molecule is O=C(Nc1cccc(-c2cccnc2)c1)c1ccco1. The Balaban J connectivity index is 1.83. The van der Waals surface area contributed by atoms with Gasteiger partial charge in [-0.25, -0.2) is 0 Å². The second-order valence-corrected chi connectivity index (χ2v) is 4.25. The van der Waals surface area contributed by atoms with Gasteiger partial charge in [0.1, 0.15) is 0 Å². The first-order valence-corrected chi connectivity index (χ1v) is 6.18. The molecule has 1 amide bonds. The molecule has 1 aromatic carbocycles. The summed E-state index contributed by atoms with van der Waals surface area (Å²) in [5.41, 5.74) is 2.71. The zero-order chi connectivity index (χ0) is 13.8. The van der Waals surface area contributed by atoms with Crippen molar-refractivity contribution in [2.24, 2.45) is 0 Å². The average Bonchev–Trinajstić information content (AvgIpc) is 3.03. The summed E-state index contributed by atoms with van der Waals surface area (Å²) in [6.07, 6.45) is 4.99. The minimum Gasteiger partial charge on any atom is -0.459 e. The fourth-order valence-electron chi connectivity index (χ4n) is 1.91. The monoisotopic (exact) mass is 264 g/mol. The van der Waals surface area contributed by atoms with E-state index in [0.29, 0.717) is 5.69 Å². The highest BCUT2D eigenvalue weighted by Crippen LogP contribution is 2.22. The lowest BCUT2D eigenvalue weighted by atomic mass is 10.1. The normalized spacial score (nSPS) is 10.2. The van der Waals surface area contributed by atoms with E-state index in [2.05, 4.69) is 10.3 Å². The van der Waals surface area contributed by atoms with E-state index in [4.69, 9.17) is 4.42 Å². The molecule has 4 heteroatoms. The van der Waals surface area contributed by atoms with E-state index in [1.165, 1.54) is 6.26 Å². The number of benzene rings is 1. The van der Waals surface area contributed by atoms with Gasteiger partial charge in [0.05, 0.1) is 6.26 Å². The number of nitrogens with zero attached hydrogens (tertiary/aromatic N) is 1. The van der Waals surface area contributed by atoms with Crippen molar-refractivity contribution in [3.05, 3.63) is 72.9 Å². The molecular formula is C16H12N2O2. The number of hydrogen-bond acceptors (Lipinski definition) is 3. The molecule has 0 unspecified atom stereocenters. The van der Waals surface area contributed by atoms with Crippen molar-refractivity contribution in [3.8, 4) is 11.1 Å². The average molecular weight is 264 g/mol. The van der Waals surface area contributed by atoms with E-state index in [1.807, 2.05) is 36.4 Å². The number of aromatic nitrogens is 1. The van der Waals surface area contributed by atoms with Crippen LogP contribution in [-0.4, -0.2) is 10.9 Å². The van der Waals surface area contributed by atoms with Crippen LogP contribution in [0.1, 0.15) is 10.6 Å². The number of carbonyl (C=O) groups excluding carboxylic acids is 1. The Morgan fingerprint density at radius 3 is 2.70 bits per heavy atom. The molecule has 4 nitrogen and oxygen atoms in total. The Morgan fingerprint density at radius 2 is 1.95 bits per heavy atom. The second kappa shape index (κ2) is 5.40. The van der Waals surface area contributed by atoms with Gasteiger partial charge in [-0.3, -0.25) is 9.78 Å². The third-order valence-electron chi connectivity index (χ3n) is 2.86. The molecule has 0 saturated heterocycles. The van der Waals surface area contributed by atoms with Crippen LogP contribution in [0.25, 0.3) is 11.1 Å². The standard InChI is InChI=1S/C16H12N2O2/c19-16(15-7-3-9-20-15)18-14-6-1-4-12(10-14)13-5-2-8-17-11-13/h1-11H,(H,18,19). The van der Waals surface area contributed by atoms with Crippen LogP contribution in [0.5, 0.6) is 0 Å². The van der Waals surface area contributed by atoms with Gasteiger partial charge < -0.3 is 9.73 Å². The number of nitrogens with one attached hydrogen (secondary N) is 1. The molecular weight excluding hydrogens is 252 g/mol. The summed E-state index contributed by atoms with van der Waals surface area (Å²) in [4.78, 5) is 16.0. The zero-order valence-corrected chi connectivity index (χ0v) is 10.6. The van der Waals surface area contributed by atoms with E-state index in [9.17, 15) is 4.79 Å². The van der Waals surface area contributed by atoms with Crippen LogP contribution in [0.2, 0.25) is 0 Å². The lowest BCUT2D eigenvalue weighted by molar-refractivity contribution is 0.0996. The van der Waals surface area contributed by atoms with E-state index >= 15 is 0 Å². The van der Waals surface area contributed by atoms with E-state index in [0.717, 1.165) is 11.1 Å². The predicted molar refractivity (Wildman–Crippen MR) is 76.3 cm³/mol. The van der Waals surface area contributed by atoms with Crippen molar-refractivity contribution in [3.63, 3.8) is 0 Å². The number of rotatable bonds is 3. The molecule has 20 heavy (non-hydrogen) atoms. The topological polar surface area (TPSA) is 55.1 Å². The van der Waals surface area contributed by atoms with Crippen LogP contribution in [0.3, 0.4) is 0 Å². The molecule has 0 spiro atoms. The van der Waals surface area contributed by atoms with E-state index in [1.54, 1.807) is 24.5 Å². The van der Waals surface area contributed by atoms with Gasteiger partial charge >= 0.3 is 0 Å². The molecule has 0 radical (unpaired) electrons. The van der Waals surface area contributed by atoms with Crippen molar-refractivity contribution in [1.82, 2.24) is 4.98 Å². The number of pyridine rings is 1. The van der Waals surface area contributed by atoms with Gasteiger partial charge in [-0.05, 0) is 35.9 Å². The number of furan rings is 1. The molecule has 0 atom stereocenters. The highest BCUT2D eigenvalue weighted by molar-refractivity contribution is 6.02. The molecule has 1 N–H and O–H groups in total. The van der Waals surface area contributed by atoms with Crippen LogP contribution >= 0.6 is 0 Å². The summed E-state index contributed by atoms with van der Waals surface area (Å²) >= 11 is 0. The summed E-state index contributed by atoms with van der Waals surface area (Å²) in [6.45, 7) is 0. The largest absolute Gasteiger partial charge is 0.459 e. The van der Waals surface area contributed by atoms with Gasteiger partial charge in [0.15, 0.2) is 5.76 Å². The smallest absolute Gasteiger partial charge is 0.291 e. The predicted octanol–water partition coefficient (Wildman–Crippen LogP) is 3.59. The molecule has 0 aliphatic heterocycles. The zero-order valence-electron chi connectivity index (χ0n) is 10.6. The fourth-order valence-corrected chi connectivity index (χ4v) is 1.91. The maximum absolute atomic E-state index is 11.9. The van der Waals surface area contributed by atoms with Gasteiger partial charge in [0, 0.05) is 23.6 Å². The Bertz CT molecular complexity index is 706. The molecule has 0 fully saturated rings. The van der Waals surface area contributed by atoms with Gasteiger partial charge in [-0.2, -0.15) is 0 Å². The summed E-state index contributed by atoms with van der Waals surface area (Å²) in [7, 11) is 0. The molecule has 2 heterocycles. The summed E-state index contributed by atoms with van der Waals surface area (Å²) in [5, 5.41) is 2.80. The molecule has 0 aliphatic rings. The first-order chi connectivity index (χ1) is 9.83. The summed E-state index contributed by atoms with van der Waals surface area (Å²) in [6, 6.07) is 14.8. The quantitative estimate of drug-likeness (QED) is 0.786. The van der Waals surface area contributed by atoms with Gasteiger partial charge in [0.2, 0.25) is 0 Å². The first kappa shape index (κ1) is 12.2. The molecule has 2 aromatic heterocycles. The van der Waals surface area contributed by atoms with Crippen LogP contribution in [-0.2, 0) is 0 Å². The van der Waals surface area contributed by atoms with Crippen molar-refractivity contribution in [2.45, 2.75) is 0 Å². The number of anilines is 1. The van der Waals surface area contributed by atoms with Crippen LogP contribution < -0.4 is 5.32 Å². The fraction of sp³-hybridized carbons (Fsp3) is 0. The lowest BCUT2D eigenvalue weighted by Crippen LogP contribution is -2.10. The highest BCUT2D eigenvalue weighted by atomic mass is 16.3. The Kier molecular flexibility index (Phi) is 3.29. The van der Waals surface area contributed by atoms with E-state index in [-0.39, 0.29) is 11.7 Å². The molecule has 0 saturated carbocycles. The lowest BCUT2D eigenvalue weighted by Gasteiger charge is -2.06. The van der Waals surface area contributed by atoms with Gasteiger partial charge in [-0.1, -0.05) is 18.2 Å². The Morgan fingerprint density at radius 1 is 1.05 bits per heavy atom. The molecule has 3 rings (SSSR count). The van der Waals surface area contributed by atoms with E-state index < -0.39 is 0 Å². The van der Waals surface area contributed by atoms with Gasteiger partial charge in [-0.15, -0.1) is 0 Å². The second-order valence-electron chi connectivity index (χ2n) is 4.25. The third kappa shape index (κ3) is 2.59. The van der Waals surface area contributed by atoms with Gasteiger partial charge in [0.25, 0.3) is 5.91 Å². The van der Waals surface area contributed by atoms with Crippen molar-refractivity contribution in [2.75, 3.05) is 5.32 Å². The molecule has 0 aliphatic carbocycles. The highest BCUT2D eigenvalue weighted by Gasteiger charge is 2.09. The number of amides is 1. The Hall–Kier alpha value is -2.88. The molecule has 3 aromatic rings. The molecule has 0 bridgehead atoms. The Labute approximate surface area is 116 Å². The maximum Gasteiger partial charge on any atom is 0.291 e.